The zero-order chi connectivity index (χ0) is 10.0. The van der Waals surface area contributed by atoms with Crippen molar-refractivity contribution in [3.8, 4) is 0 Å². The maximum absolute atomic E-state index is 6.66. The zero-order valence-electron chi connectivity index (χ0n) is 6.77. The molecule has 0 spiro atoms. The van der Waals surface area contributed by atoms with Crippen molar-refractivity contribution in [3.05, 3.63) is 0 Å². The van der Waals surface area contributed by atoms with Gasteiger partial charge in [-0.1, -0.05) is 19.8 Å². The number of nitrogens with one attached hydrogen (secondary N) is 1. The molecule has 0 aliphatic rings. The van der Waals surface area contributed by atoms with Crippen molar-refractivity contribution in [1.29, 1.82) is 5.41 Å². The van der Waals surface area contributed by atoms with E-state index in [-0.39, 0.29) is 0 Å². The summed E-state index contributed by atoms with van der Waals surface area (Å²) in [5, 5.41) is 6.66. The number of rotatable bonds is 4. The van der Waals surface area contributed by atoms with Gasteiger partial charge in [0.15, 0.2) is 0 Å². The first-order valence-corrected chi connectivity index (χ1v) is 25.6. The predicted molar refractivity (Wildman–Crippen MR) is 68.6 cm³/mol. The Hall–Kier alpha value is 2.23. The minimum absolute atomic E-state index is 0.966. The molecule has 0 bridgehead atoms. The number of unbranched alkanes of at least 4 members (excludes halogenated alkanes) is 3. The van der Waals surface area contributed by atoms with E-state index in [9.17, 15) is 0 Å². The van der Waals surface area contributed by atoms with E-state index in [2.05, 4.69) is 61.2 Å². The molecule has 0 aliphatic carbocycles. The van der Waals surface area contributed by atoms with Gasteiger partial charge in [0, 0.05) is 0 Å². The van der Waals surface area contributed by atoms with Gasteiger partial charge in [-0.25, -0.2) is 0 Å². The van der Waals surface area contributed by atoms with Crippen LogP contribution < -0.4 is 0 Å². The van der Waals surface area contributed by atoms with Crippen LogP contribution in [0, 0.1) is 5.41 Å². The summed E-state index contributed by atoms with van der Waals surface area (Å²) in [5.74, 6) is 0. The van der Waals surface area contributed by atoms with Crippen molar-refractivity contribution in [2.45, 2.75) is 32.6 Å². The fraction of sp³-hybridized carbons (Fsp3) is 0.833. The van der Waals surface area contributed by atoms with Crippen molar-refractivity contribution in [2.75, 3.05) is 0 Å². The molecular formula is C6H13Br4NOs. The predicted octanol–water partition coefficient (Wildman–Crippen LogP) is 5.60. The SMILES string of the molecule is CCCCCC=N.[Br][Os]([Br])([Br])[Br]. The van der Waals surface area contributed by atoms with Crippen LogP contribution in [0.15, 0.2) is 0 Å². The second-order valence-corrected chi connectivity index (χ2v) is 68.7. The summed E-state index contributed by atoms with van der Waals surface area (Å²) < 4.78 is 0. The first-order valence-electron chi connectivity index (χ1n) is 3.44. The molecule has 0 saturated heterocycles. The fourth-order valence-corrected chi connectivity index (χ4v) is 0.496. The van der Waals surface area contributed by atoms with Crippen LogP contribution in [0.5, 0.6) is 0 Å². The van der Waals surface area contributed by atoms with Crippen molar-refractivity contribution >= 4 is 60.5 Å². The molecule has 0 saturated carbocycles. The van der Waals surface area contributed by atoms with Gasteiger partial charge < -0.3 is 5.41 Å². The third-order valence-electron chi connectivity index (χ3n) is 0.952. The van der Waals surface area contributed by atoms with Crippen LogP contribution in [0.4, 0.5) is 0 Å². The summed E-state index contributed by atoms with van der Waals surface area (Å²) in [6.07, 6.45) is 6.17. The summed E-state index contributed by atoms with van der Waals surface area (Å²) in [5.41, 5.74) is 0. The van der Waals surface area contributed by atoms with E-state index in [1.54, 1.807) is 0 Å². The molecule has 78 valence electrons. The first-order chi connectivity index (χ1) is 5.41. The van der Waals surface area contributed by atoms with E-state index in [0.717, 1.165) is 6.42 Å². The van der Waals surface area contributed by atoms with Gasteiger partial charge in [0.1, 0.15) is 0 Å². The van der Waals surface area contributed by atoms with Crippen molar-refractivity contribution in [1.82, 2.24) is 0 Å². The fourth-order valence-electron chi connectivity index (χ4n) is 0.496. The standard InChI is InChI=1S/C6H13N.4BrH.Os/c1-2-3-4-5-6-7;;;;;/h6-7H,2-5H2,1H3;4*1H;/q;;;;;+4/p-4. The number of halogens is 4. The Labute approximate surface area is 104 Å². The first kappa shape index (κ1) is 16.6. The molecule has 1 N–H and O–H groups in total. The average Bonchev–Trinajstić information content (AvgIpc) is 1.85. The van der Waals surface area contributed by atoms with Crippen LogP contribution in [-0.2, 0) is 7.11 Å². The summed E-state index contributed by atoms with van der Waals surface area (Å²) in [6.45, 7) is 2.17. The molecule has 0 atom stereocenters. The van der Waals surface area contributed by atoms with Crippen LogP contribution in [0.25, 0.3) is 0 Å². The second kappa shape index (κ2) is 11.3. The molecule has 0 aromatic heterocycles. The molecule has 0 rings (SSSR count). The van der Waals surface area contributed by atoms with Gasteiger partial charge in [0.25, 0.3) is 0 Å². The average molecular weight is 609 g/mol. The van der Waals surface area contributed by atoms with Crippen LogP contribution >= 0.6 is 54.2 Å². The topological polar surface area (TPSA) is 23.9 Å². The van der Waals surface area contributed by atoms with Crippen molar-refractivity contribution in [3.63, 3.8) is 0 Å². The Balaban J connectivity index is 0. The quantitative estimate of drug-likeness (QED) is 0.318. The molecule has 0 amide bonds. The van der Waals surface area contributed by atoms with Crippen LogP contribution in [-0.4, -0.2) is 6.21 Å². The molecule has 1 nitrogen and oxygen atoms in total. The third kappa shape index (κ3) is 39.7. The Morgan fingerprint density at radius 1 is 1.17 bits per heavy atom. The monoisotopic (exact) mass is 607 g/mol. The van der Waals surface area contributed by atoms with Gasteiger partial charge in [0.2, 0.25) is 0 Å². The van der Waals surface area contributed by atoms with Gasteiger partial charge in [-0.2, -0.15) is 0 Å². The van der Waals surface area contributed by atoms with E-state index in [0.29, 0.717) is 0 Å². The van der Waals surface area contributed by atoms with E-state index in [1.807, 2.05) is 0 Å². The summed E-state index contributed by atoms with van der Waals surface area (Å²) in [6, 6.07) is 0. The molecule has 0 radical (unpaired) electrons. The van der Waals surface area contributed by atoms with Crippen molar-refractivity contribution < 1.29 is 7.11 Å². The minimum atomic E-state index is -1.81. The Kier molecular flexibility index (Phi) is 15.7. The summed E-state index contributed by atoms with van der Waals surface area (Å²) in [7, 11) is -1.81. The zero-order valence-corrected chi connectivity index (χ0v) is 15.7. The molecule has 0 aromatic carbocycles. The summed E-state index contributed by atoms with van der Waals surface area (Å²) in [4.78, 5) is 0. The number of hydrogen-bond donors (Lipinski definition) is 1. The van der Waals surface area contributed by atoms with Gasteiger partial charge in [-0.05, 0) is 19.1 Å². The van der Waals surface area contributed by atoms with Crippen LogP contribution in [0.2, 0.25) is 0 Å². The van der Waals surface area contributed by atoms with Gasteiger partial charge in [-0.15, -0.1) is 0 Å². The molecule has 0 aliphatic heterocycles. The normalized spacial score (nSPS) is 11.4. The number of hydrogen-bond acceptors (Lipinski definition) is 1. The van der Waals surface area contributed by atoms with E-state index < -0.39 is 7.11 Å². The van der Waals surface area contributed by atoms with E-state index >= 15 is 0 Å². The van der Waals surface area contributed by atoms with Crippen LogP contribution in [0.1, 0.15) is 32.6 Å². The maximum atomic E-state index is 6.66. The molecule has 0 heterocycles. The van der Waals surface area contributed by atoms with E-state index in [1.165, 1.54) is 25.5 Å². The third-order valence-corrected chi connectivity index (χ3v) is 0.952. The Morgan fingerprint density at radius 3 is 1.83 bits per heavy atom. The Morgan fingerprint density at radius 2 is 1.58 bits per heavy atom. The van der Waals surface area contributed by atoms with Gasteiger partial charge in [-0.3, -0.25) is 0 Å². The second-order valence-electron chi connectivity index (χ2n) is 2.00. The molecule has 0 fully saturated rings. The molecule has 6 heteroatoms. The molecule has 0 aromatic rings. The molecular weight excluding hydrogens is 596 g/mol. The van der Waals surface area contributed by atoms with Crippen LogP contribution in [0.3, 0.4) is 0 Å². The molecule has 0 unspecified atom stereocenters. The Bertz CT molecular complexity index is 98.2. The summed E-state index contributed by atoms with van der Waals surface area (Å²) >= 11 is 13.3. The van der Waals surface area contributed by atoms with E-state index in [4.69, 9.17) is 5.41 Å². The van der Waals surface area contributed by atoms with Gasteiger partial charge in [0.05, 0.1) is 0 Å². The van der Waals surface area contributed by atoms with Gasteiger partial charge >= 0.3 is 61.3 Å². The van der Waals surface area contributed by atoms with Crippen molar-refractivity contribution in [2.24, 2.45) is 0 Å². The molecule has 12 heavy (non-hydrogen) atoms.